The maximum Gasteiger partial charge on any atom is 0.353 e. The van der Waals surface area contributed by atoms with Crippen molar-refractivity contribution >= 4 is 69.3 Å². The van der Waals surface area contributed by atoms with Crippen molar-refractivity contribution in [2.75, 3.05) is 11.2 Å². The summed E-state index contributed by atoms with van der Waals surface area (Å²) in [6.07, 6.45) is 0.102. The van der Waals surface area contributed by atoms with Gasteiger partial charge in [0.1, 0.15) is 27.9 Å². The molecule has 0 spiro atoms. The van der Waals surface area contributed by atoms with Crippen LogP contribution in [0.3, 0.4) is 0 Å². The predicted molar refractivity (Wildman–Crippen MR) is 213 cm³/mol. The summed E-state index contributed by atoms with van der Waals surface area (Å²) >= 11 is 8.67. The van der Waals surface area contributed by atoms with Crippen LogP contribution in [0.15, 0.2) is 113 Å². The SMILES string of the molecule is CC(C)(C)OC(=O)C(C)(C)O/N=C(\C(=O)NC1S[C@@H]2CC(=O)N2C(C(=O)O)=C1CCl)c1csc(NC(c2ccccc2)(c2ccccc2)c2ccccc2)n1. The number of thioether (sulfide) groups is 1. The van der Waals surface area contributed by atoms with Crippen molar-refractivity contribution in [2.45, 2.75) is 68.5 Å². The summed E-state index contributed by atoms with van der Waals surface area (Å²) in [7, 11) is 0. The normalized spacial score (nSPS) is 17.5. The topological polar surface area (TPSA) is 160 Å². The fraction of sp³-hybridized carbons (Fsp3) is 0.300. The van der Waals surface area contributed by atoms with E-state index in [2.05, 4.69) is 15.8 Å². The summed E-state index contributed by atoms with van der Waals surface area (Å²) < 4.78 is 5.54. The van der Waals surface area contributed by atoms with Gasteiger partial charge in [-0.15, -0.1) is 34.7 Å². The lowest BCUT2D eigenvalue weighted by Gasteiger charge is -2.46. The standard InChI is InChI=1S/C40H40ClN5O7S2/c1-38(2,3)52-36(51)39(4,5)53-45-31(33(48)43-34-27(22-41)32(35(49)50)46-29(47)21-30(46)55-34)28-23-54-37(42-28)44-40(24-15-9-6-10-16-24,25-17-11-7-12-18-25)26-19-13-8-14-20-26/h6-20,23,30,34H,21-22H2,1-5H3,(H,42,44)(H,43,48)(H,49,50)/b45-31-/t30-,34?/m1/s1. The number of alkyl halides is 1. The molecule has 1 fully saturated rings. The van der Waals surface area contributed by atoms with Crippen molar-refractivity contribution in [3.63, 3.8) is 0 Å². The van der Waals surface area contributed by atoms with Crippen LogP contribution in [0, 0.1) is 0 Å². The molecule has 1 aromatic heterocycles. The van der Waals surface area contributed by atoms with Crippen LogP contribution < -0.4 is 10.6 Å². The lowest BCUT2D eigenvalue weighted by molar-refractivity contribution is -0.179. The fourth-order valence-electron chi connectivity index (χ4n) is 6.15. The zero-order chi connectivity index (χ0) is 39.5. The second-order valence-corrected chi connectivity index (χ2v) is 16.7. The monoisotopic (exact) mass is 801 g/mol. The predicted octanol–water partition coefficient (Wildman–Crippen LogP) is 6.71. The van der Waals surface area contributed by atoms with E-state index in [9.17, 15) is 24.3 Å². The Morgan fingerprint density at radius 3 is 1.95 bits per heavy atom. The first-order valence-electron chi connectivity index (χ1n) is 17.4. The molecule has 6 rings (SSSR count). The van der Waals surface area contributed by atoms with Crippen LogP contribution in [0.25, 0.3) is 0 Å². The van der Waals surface area contributed by atoms with E-state index in [1.165, 1.54) is 41.8 Å². The van der Waals surface area contributed by atoms with Gasteiger partial charge in [0.25, 0.3) is 5.91 Å². The smallest absolute Gasteiger partial charge is 0.353 e. The highest BCUT2D eigenvalue weighted by molar-refractivity contribution is 8.00. The van der Waals surface area contributed by atoms with Crippen molar-refractivity contribution < 1.29 is 33.9 Å². The van der Waals surface area contributed by atoms with Gasteiger partial charge >= 0.3 is 11.9 Å². The lowest BCUT2D eigenvalue weighted by atomic mass is 9.77. The van der Waals surface area contributed by atoms with E-state index in [-0.39, 0.29) is 40.9 Å². The van der Waals surface area contributed by atoms with E-state index in [1.54, 1.807) is 26.2 Å². The first kappa shape index (κ1) is 39.5. The molecule has 2 aliphatic heterocycles. The van der Waals surface area contributed by atoms with E-state index < -0.39 is 45.3 Å². The van der Waals surface area contributed by atoms with Crippen molar-refractivity contribution in [1.29, 1.82) is 0 Å². The Morgan fingerprint density at radius 1 is 0.927 bits per heavy atom. The van der Waals surface area contributed by atoms with E-state index in [0.29, 0.717) is 5.13 Å². The summed E-state index contributed by atoms with van der Waals surface area (Å²) in [5, 5.41) is 21.4. The molecule has 15 heteroatoms. The molecule has 3 N–H and O–H groups in total. The summed E-state index contributed by atoms with van der Waals surface area (Å²) in [5.41, 5.74) is -0.850. The van der Waals surface area contributed by atoms with Crippen LogP contribution in [-0.2, 0) is 34.3 Å². The van der Waals surface area contributed by atoms with Gasteiger partial charge in [-0.3, -0.25) is 14.5 Å². The first-order valence-corrected chi connectivity index (χ1v) is 19.7. The van der Waals surface area contributed by atoms with Gasteiger partial charge in [-0.2, -0.15) is 0 Å². The van der Waals surface area contributed by atoms with E-state index >= 15 is 0 Å². The number of hydrogen-bond acceptors (Lipinski definition) is 11. The zero-order valence-corrected chi connectivity index (χ0v) is 33.1. The highest BCUT2D eigenvalue weighted by Crippen LogP contribution is 2.44. The molecular weight excluding hydrogens is 762 g/mol. The highest BCUT2D eigenvalue weighted by Gasteiger charge is 2.49. The van der Waals surface area contributed by atoms with Crippen LogP contribution >= 0.6 is 34.7 Å². The second-order valence-electron chi connectivity index (χ2n) is 14.3. The Morgan fingerprint density at radius 2 is 1.47 bits per heavy atom. The molecule has 1 unspecified atom stereocenters. The summed E-state index contributed by atoms with van der Waals surface area (Å²) in [4.78, 5) is 63.9. The number of thiazole rings is 1. The first-order chi connectivity index (χ1) is 26.1. The molecule has 55 heavy (non-hydrogen) atoms. The minimum atomic E-state index is -1.62. The molecule has 2 aliphatic rings. The molecule has 12 nitrogen and oxygen atoms in total. The van der Waals surface area contributed by atoms with Gasteiger partial charge in [0.05, 0.1) is 11.8 Å². The number of carboxylic acid groups (broad SMARTS) is 1. The number of ether oxygens (including phenoxy) is 1. The molecule has 2 amide bonds. The third-order valence-corrected chi connectivity index (χ3v) is 11.2. The molecule has 0 radical (unpaired) electrons. The lowest BCUT2D eigenvalue weighted by Crippen LogP contribution is -2.57. The van der Waals surface area contributed by atoms with Gasteiger partial charge in [0, 0.05) is 16.8 Å². The maximum absolute atomic E-state index is 14.3. The minimum absolute atomic E-state index is 0.102. The number of anilines is 1. The molecule has 0 saturated carbocycles. The number of aromatic nitrogens is 1. The number of nitrogens with one attached hydrogen (secondary N) is 2. The number of hydrogen-bond donors (Lipinski definition) is 3. The number of amides is 2. The van der Waals surface area contributed by atoms with Gasteiger partial charge in [0.2, 0.25) is 11.5 Å². The van der Waals surface area contributed by atoms with E-state index in [1.807, 2.05) is 91.0 Å². The third kappa shape index (κ3) is 8.26. The Kier molecular flexibility index (Phi) is 11.4. The number of carbonyl (C=O) groups excluding carboxylic acids is 3. The number of carboxylic acids is 1. The number of β-lactam (4-membered cyclic amide) rings is 1. The van der Waals surface area contributed by atoms with E-state index in [0.717, 1.165) is 16.7 Å². The summed E-state index contributed by atoms with van der Waals surface area (Å²) in [5.74, 6) is -3.43. The molecule has 3 heterocycles. The molecule has 4 aromatic rings. The van der Waals surface area contributed by atoms with Gasteiger partial charge in [-0.05, 0) is 51.3 Å². The molecule has 2 atom stereocenters. The second kappa shape index (κ2) is 15.9. The molecule has 3 aromatic carbocycles. The van der Waals surface area contributed by atoms with Crippen LogP contribution in [0.4, 0.5) is 5.13 Å². The van der Waals surface area contributed by atoms with Crippen molar-refractivity contribution in [3.05, 3.63) is 130 Å². The van der Waals surface area contributed by atoms with Gasteiger partial charge in [-0.25, -0.2) is 14.6 Å². The number of carbonyl (C=O) groups is 4. The molecule has 1 saturated heterocycles. The Labute approximate surface area is 331 Å². The number of nitrogens with zero attached hydrogens (tertiary/aromatic N) is 3. The van der Waals surface area contributed by atoms with Crippen LogP contribution in [0.5, 0.6) is 0 Å². The number of oxime groups is 1. The zero-order valence-electron chi connectivity index (χ0n) is 30.7. The number of esters is 1. The molecule has 0 bridgehead atoms. The Bertz CT molecular complexity index is 2040. The summed E-state index contributed by atoms with van der Waals surface area (Å²) in [6.45, 7) is 8.10. The maximum atomic E-state index is 14.3. The highest BCUT2D eigenvalue weighted by atomic mass is 35.5. The van der Waals surface area contributed by atoms with Gasteiger partial charge < -0.3 is 25.3 Å². The van der Waals surface area contributed by atoms with Crippen LogP contribution in [0.1, 0.15) is 63.4 Å². The van der Waals surface area contributed by atoms with Crippen LogP contribution in [-0.4, -0.2) is 72.3 Å². The Balaban J connectivity index is 1.41. The largest absolute Gasteiger partial charge is 0.477 e. The number of rotatable bonds is 13. The van der Waals surface area contributed by atoms with Crippen molar-refractivity contribution in [2.24, 2.45) is 5.16 Å². The van der Waals surface area contributed by atoms with Gasteiger partial charge in [-0.1, -0.05) is 96.2 Å². The fourth-order valence-corrected chi connectivity index (χ4v) is 8.70. The number of halogens is 1. The quantitative estimate of drug-likeness (QED) is 0.0331. The number of benzene rings is 3. The summed E-state index contributed by atoms with van der Waals surface area (Å²) in [6, 6.07) is 29.8. The number of fused-ring (bicyclic) bond motifs is 1. The average molecular weight is 802 g/mol. The number of aliphatic carboxylic acids is 1. The molecule has 0 aliphatic carbocycles. The molecule has 286 valence electrons. The molecular formula is C40H40ClN5O7S2. The van der Waals surface area contributed by atoms with Crippen molar-refractivity contribution in [3.8, 4) is 0 Å². The van der Waals surface area contributed by atoms with E-state index in [4.69, 9.17) is 26.2 Å². The van der Waals surface area contributed by atoms with Gasteiger partial charge in [0.15, 0.2) is 10.8 Å². The minimum Gasteiger partial charge on any atom is -0.477 e. The Hall–Kier alpha value is -5.18. The average Bonchev–Trinajstić information content (AvgIpc) is 3.61. The third-order valence-electron chi connectivity index (χ3n) is 8.80. The van der Waals surface area contributed by atoms with Crippen molar-refractivity contribution in [1.82, 2.24) is 15.2 Å². The van der Waals surface area contributed by atoms with Crippen LogP contribution in [0.2, 0.25) is 0 Å².